The van der Waals surface area contributed by atoms with Crippen LogP contribution in [0.5, 0.6) is 0 Å². The van der Waals surface area contributed by atoms with Gasteiger partial charge in [-0.2, -0.15) is 0 Å². The number of likely N-dealkylation sites (tertiary alicyclic amines) is 1. The van der Waals surface area contributed by atoms with Gasteiger partial charge in [0.25, 0.3) is 6.47 Å². The number of hydrogen-bond donors (Lipinski definition) is 0. The Morgan fingerprint density at radius 2 is 2.20 bits per heavy atom. The molecule has 0 amide bonds. The van der Waals surface area contributed by atoms with Crippen LogP contribution in [0.15, 0.2) is 30.3 Å². The first kappa shape index (κ1) is 10.2. The van der Waals surface area contributed by atoms with Crippen LogP contribution in [-0.2, 0) is 16.1 Å². The molecule has 0 spiro atoms. The van der Waals surface area contributed by atoms with Crippen molar-refractivity contribution in [2.45, 2.75) is 19.1 Å². The van der Waals surface area contributed by atoms with Gasteiger partial charge in [0.1, 0.15) is 6.10 Å². The Morgan fingerprint density at radius 1 is 1.40 bits per heavy atom. The highest BCUT2D eigenvalue weighted by Crippen LogP contribution is 2.14. The van der Waals surface area contributed by atoms with Crippen molar-refractivity contribution in [3.05, 3.63) is 35.9 Å². The molecule has 0 N–H and O–H groups in total. The van der Waals surface area contributed by atoms with Gasteiger partial charge in [-0.25, -0.2) is 0 Å². The molecule has 0 aromatic heterocycles. The molecule has 1 fully saturated rings. The van der Waals surface area contributed by atoms with Gasteiger partial charge in [-0.1, -0.05) is 30.3 Å². The van der Waals surface area contributed by atoms with E-state index in [1.165, 1.54) is 5.56 Å². The Kier molecular flexibility index (Phi) is 3.35. The Labute approximate surface area is 89.7 Å². The van der Waals surface area contributed by atoms with E-state index in [1.54, 1.807) is 0 Å². The molecule has 1 aliphatic heterocycles. The largest absolute Gasteiger partial charge is 0.463 e. The van der Waals surface area contributed by atoms with Gasteiger partial charge in [-0.05, 0) is 12.0 Å². The molecular formula is C12H15NO2. The molecule has 0 bridgehead atoms. The van der Waals surface area contributed by atoms with Gasteiger partial charge < -0.3 is 4.74 Å². The number of nitrogens with zero attached hydrogens (tertiary/aromatic N) is 1. The van der Waals surface area contributed by atoms with Crippen molar-refractivity contribution in [2.75, 3.05) is 13.1 Å². The lowest BCUT2D eigenvalue weighted by molar-refractivity contribution is -0.132. The first-order valence-corrected chi connectivity index (χ1v) is 5.24. The number of rotatable bonds is 4. The van der Waals surface area contributed by atoms with Gasteiger partial charge >= 0.3 is 0 Å². The van der Waals surface area contributed by atoms with E-state index < -0.39 is 0 Å². The highest BCUT2D eigenvalue weighted by molar-refractivity contribution is 5.37. The zero-order chi connectivity index (χ0) is 10.5. The third-order valence-electron chi connectivity index (χ3n) is 2.73. The topological polar surface area (TPSA) is 29.5 Å². The number of carbonyl (C=O) groups is 1. The summed E-state index contributed by atoms with van der Waals surface area (Å²) in [4.78, 5) is 12.5. The SMILES string of the molecule is O=CO[C@H]1CCN(Cc2ccccc2)C1. The van der Waals surface area contributed by atoms with Crippen molar-refractivity contribution in [2.24, 2.45) is 0 Å². The molecule has 3 nitrogen and oxygen atoms in total. The Balaban J connectivity index is 1.85. The predicted octanol–water partition coefficient (Wildman–Crippen LogP) is 1.43. The van der Waals surface area contributed by atoms with Crippen LogP contribution in [0.2, 0.25) is 0 Å². The monoisotopic (exact) mass is 205 g/mol. The van der Waals surface area contributed by atoms with Crippen LogP contribution in [0.3, 0.4) is 0 Å². The van der Waals surface area contributed by atoms with Gasteiger partial charge in [0.05, 0.1) is 0 Å². The van der Waals surface area contributed by atoms with Crippen molar-refractivity contribution in [3.63, 3.8) is 0 Å². The smallest absolute Gasteiger partial charge is 0.293 e. The van der Waals surface area contributed by atoms with E-state index in [1.807, 2.05) is 18.2 Å². The van der Waals surface area contributed by atoms with E-state index in [9.17, 15) is 4.79 Å². The van der Waals surface area contributed by atoms with E-state index in [4.69, 9.17) is 4.74 Å². The second-order valence-corrected chi connectivity index (χ2v) is 3.86. The molecule has 1 aliphatic rings. The van der Waals surface area contributed by atoms with E-state index >= 15 is 0 Å². The third kappa shape index (κ3) is 2.80. The maximum absolute atomic E-state index is 10.2. The highest BCUT2D eigenvalue weighted by atomic mass is 16.5. The minimum Gasteiger partial charge on any atom is -0.463 e. The Morgan fingerprint density at radius 3 is 2.93 bits per heavy atom. The maximum atomic E-state index is 10.2. The lowest BCUT2D eigenvalue weighted by atomic mass is 10.2. The first-order valence-electron chi connectivity index (χ1n) is 5.24. The fourth-order valence-electron chi connectivity index (χ4n) is 1.97. The fourth-order valence-corrected chi connectivity index (χ4v) is 1.97. The van der Waals surface area contributed by atoms with E-state index in [0.29, 0.717) is 6.47 Å². The summed E-state index contributed by atoms with van der Waals surface area (Å²) in [5.74, 6) is 0. The number of ether oxygens (including phenoxy) is 1. The molecule has 1 aromatic rings. The van der Waals surface area contributed by atoms with Crippen LogP contribution >= 0.6 is 0 Å². The van der Waals surface area contributed by atoms with Crippen molar-refractivity contribution < 1.29 is 9.53 Å². The summed E-state index contributed by atoms with van der Waals surface area (Å²) in [6.45, 7) is 3.36. The summed E-state index contributed by atoms with van der Waals surface area (Å²) >= 11 is 0. The molecule has 15 heavy (non-hydrogen) atoms. The second kappa shape index (κ2) is 4.94. The standard InChI is InChI=1S/C12H15NO2/c14-10-15-12-6-7-13(9-12)8-11-4-2-1-3-5-11/h1-5,10,12H,6-9H2/t12-/m0/s1. The quantitative estimate of drug-likeness (QED) is 0.696. The van der Waals surface area contributed by atoms with E-state index in [-0.39, 0.29) is 6.10 Å². The predicted molar refractivity (Wildman–Crippen MR) is 57.3 cm³/mol. The summed E-state index contributed by atoms with van der Waals surface area (Å²) in [5.41, 5.74) is 1.31. The Hall–Kier alpha value is -1.35. The van der Waals surface area contributed by atoms with Gasteiger partial charge in [0, 0.05) is 19.6 Å². The van der Waals surface area contributed by atoms with Crippen LogP contribution in [0.1, 0.15) is 12.0 Å². The minimum absolute atomic E-state index is 0.0891. The second-order valence-electron chi connectivity index (χ2n) is 3.86. The third-order valence-corrected chi connectivity index (χ3v) is 2.73. The van der Waals surface area contributed by atoms with Gasteiger partial charge in [0.2, 0.25) is 0 Å². The summed E-state index contributed by atoms with van der Waals surface area (Å²) < 4.78 is 4.95. The number of benzene rings is 1. The van der Waals surface area contributed by atoms with Crippen LogP contribution in [0.4, 0.5) is 0 Å². The Bertz CT molecular complexity index is 313. The van der Waals surface area contributed by atoms with Crippen molar-refractivity contribution in [1.29, 1.82) is 0 Å². The first-order chi connectivity index (χ1) is 7.38. The van der Waals surface area contributed by atoms with Crippen LogP contribution < -0.4 is 0 Å². The average molecular weight is 205 g/mol. The zero-order valence-corrected chi connectivity index (χ0v) is 8.63. The summed E-state index contributed by atoms with van der Waals surface area (Å²) in [7, 11) is 0. The van der Waals surface area contributed by atoms with Crippen LogP contribution in [-0.4, -0.2) is 30.6 Å². The van der Waals surface area contributed by atoms with Crippen molar-refractivity contribution in [3.8, 4) is 0 Å². The molecule has 0 aliphatic carbocycles. The lowest BCUT2D eigenvalue weighted by Crippen LogP contribution is -2.22. The molecule has 0 saturated carbocycles. The zero-order valence-electron chi connectivity index (χ0n) is 8.63. The van der Waals surface area contributed by atoms with Crippen molar-refractivity contribution in [1.82, 2.24) is 4.90 Å². The minimum atomic E-state index is 0.0891. The van der Waals surface area contributed by atoms with Gasteiger partial charge in [-0.3, -0.25) is 9.69 Å². The maximum Gasteiger partial charge on any atom is 0.293 e. The molecule has 1 aromatic carbocycles. The number of hydrogen-bond acceptors (Lipinski definition) is 3. The summed E-state index contributed by atoms with van der Waals surface area (Å²) in [6.07, 6.45) is 1.04. The molecule has 80 valence electrons. The molecular weight excluding hydrogens is 190 g/mol. The molecule has 2 rings (SSSR count). The number of carbonyl (C=O) groups excluding carboxylic acids is 1. The average Bonchev–Trinajstić information content (AvgIpc) is 2.68. The fraction of sp³-hybridized carbons (Fsp3) is 0.417. The van der Waals surface area contributed by atoms with Crippen LogP contribution in [0.25, 0.3) is 0 Å². The molecule has 1 atom stereocenters. The summed E-state index contributed by atoms with van der Waals surface area (Å²) in [5, 5.41) is 0. The van der Waals surface area contributed by atoms with E-state index in [2.05, 4.69) is 17.0 Å². The van der Waals surface area contributed by atoms with Crippen molar-refractivity contribution >= 4 is 6.47 Å². The normalized spacial score (nSPS) is 21.5. The molecule has 3 heteroatoms. The highest BCUT2D eigenvalue weighted by Gasteiger charge is 2.22. The van der Waals surface area contributed by atoms with Gasteiger partial charge in [-0.15, -0.1) is 0 Å². The van der Waals surface area contributed by atoms with Crippen LogP contribution in [0, 0.1) is 0 Å². The van der Waals surface area contributed by atoms with Gasteiger partial charge in [0.15, 0.2) is 0 Å². The molecule has 1 heterocycles. The lowest BCUT2D eigenvalue weighted by Gasteiger charge is -2.15. The molecule has 0 unspecified atom stereocenters. The molecule has 1 saturated heterocycles. The molecule has 0 radical (unpaired) electrons. The van der Waals surface area contributed by atoms with E-state index in [0.717, 1.165) is 26.1 Å². The summed E-state index contributed by atoms with van der Waals surface area (Å²) in [6, 6.07) is 10.4.